The molecule has 0 unspecified atom stereocenters. The van der Waals surface area contributed by atoms with Crippen molar-refractivity contribution in [3.8, 4) is 17.5 Å². The standard InChI is InChI=1S/C12H10ClFN2O2/c1-17-12-10(15)4-5-11(16-12)18-7-2-3-8(13)9(14)6-7/h2-6H,15H2,1H3. The topological polar surface area (TPSA) is 57.4 Å². The first kappa shape index (κ1) is 12.4. The predicted molar refractivity (Wildman–Crippen MR) is 66.7 cm³/mol. The van der Waals surface area contributed by atoms with Crippen LogP contribution in [0.4, 0.5) is 10.1 Å². The fraction of sp³-hybridized carbons (Fsp3) is 0.0833. The fourth-order valence-corrected chi connectivity index (χ4v) is 1.43. The summed E-state index contributed by atoms with van der Waals surface area (Å²) in [5.41, 5.74) is 6.01. The van der Waals surface area contributed by atoms with Crippen LogP contribution in [0.5, 0.6) is 17.5 Å². The van der Waals surface area contributed by atoms with Gasteiger partial charge in [0.2, 0.25) is 11.8 Å². The number of anilines is 1. The molecule has 0 amide bonds. The first-order valence-corrected chi connectivity index (χ1v) is 5.41. The molecule has 0 radical (unpaired) electrons. The molecule has 0 saturated carbocycles. The molecule has 0 bridgehead atoms. The molecular formula is C12H10ClFN2O2. The third-order valence-corrected chi connectivity index (χ3v) is 2.48. The zero-order chi connectivity index (χ0) is 13.1. The average Bonchev–Trinajstić information content (AvgIpc) is 2.36. The Morgan fingerprint density at radius 1 is 1.28 bits per heavy atom. The van der Waals surface area contributed by atoms with Crippen LogP contribution < -0.4 is 15.2 Å². The van der Waals surface area contributed by atoms with Gasteiger partial charge in [0.15, 0.2) is 0 Å². The molecule has 6 heteroatoms. The molecule has 0 aliphatic carbocycles. The Labute approximate surface area is 108 Å². The van der Waals surface area contributed by atoms with E-state index in [0.29, 0.717) is 5.69 Å². The van der Waals surface area contributed by atoms with Gasteiger partial charge in [-0.1, -0.05) is 11.6 Å². The minimum absolute atomic E-state index is 0.0326. The van der Waals surface area contributed by atoms with E-state index in [0.717, 1.165) is 0 Å². The minimum atomic E-state index is -0.559. The molecule has 1 aromatic carbocycles. The van der Waals surface area contributed by atoms with E-state index in [9.17, 15) is 4.39 Å². The summed E-state index contributed by atoms with van der Waals surface area (Å²) in [6, 6.07) is 7.27. The molecule has 0 atom stereocenters. The van der Waals surface area contributed by atoms with Crippen LogP contribution >= 0.6 is 11.6 Å². The number of nitrogens with zero attached hydrogens (tertiary/aromatic N) is 1. The van der Waals surface area contributed by atoms with Crippen molar-refractivity contribution in [2.24, 2.45) is 0 Å². The lowest BCUT2D eigenvalue weighted by atomic mass is 10.3. The number of benzene rings is 1. The van der Waals surface area contributed by atoms with Crippen LogP contribution in [-0.2, 0) is 0 Å². The summed E-state index contributed by atoms with van der Waals surface area (Å²) in [6.07, 6.45) is 0. The number of rotatable bonds is 3. The molecular weight excluding hydrogens is 259 g/mol. The zero-order valence-corrected chi connectivity index (χ0v) is 10.2. The molecule has 1 aromatic heterocycles. The van der Waals surface area contributed by atoms with Crippen LogP contribution in [-0.4, -0.2) is 12.1 Å². The lowest BCUT2D eigenvalue weighted by molar-refractivity contribution is 0.385. The van der Waals surface area contributed by atoms with E-state index in [-0.39, 0.29) is 22.5 Å². The maximum Gasteiger partial charge on any atom is 0.240 e. The molecule has 2 N–H and O–H groups in total. The molecule has 0 saturated heterocycles. The number of hydrogen-bond donors (Lipinski definition) is 1. The Hall–Kier alpha value is -2.01. The van der Waals surface area contributed by atoms with Gasteiger partial charge in [-0.05, 0) is 18.2 Å². The number of hydrogen-bond acceptors (Lipinski definition) is 4. The highest BCUT2D eigenvalue weighted by molar-refractivity contribution is 6.30. The van der Waals surface area contributed by atoms with Crippen molar-refractivity contribution in [1.29, 1.82) is 0 Å². The van der Waals surface area contributed by atoms with E-state index < -0.39 is 5.82 Å². The smallest absolute Gasteiger partial charge is 0.240 e. The zero-order valence-electron chi connectivity index (χ0n) is 9.48. The van der Waals surface area contributed by atoms with Crippen LogP contribution in [0, 0.1) is 5.82 Å². The Morgan fingerprint density at radius 2 is 2.06 bits per heavy atom. The molecule has 0 aliphatic heterocycles. The number of nitrogen functional groups attached to an aromatic ring is 1. The lowest BCUT2D eigenvalue weighted by Crippen LogP contribution is -1.97. The third kappa shape index (κ3) is 2.62. The number of aromatic nitrogens is 1. The summed E-state index contributed by atoms with van der Waals surface area (Å²) in [5.74, 6) is 0.234. The first-order valence-electron chi connectivity index (χ1n) is 5.03. The first-order chi connectivity index (χ1) is 8.60. The highest BCUT2D eigenvalue weighted by Crippen LogP contribution is 2.27. The summed E-state index contributed by atoms with van der Waals surface area (Å²) in [5, 5.41) is 0.0326. The van der Waals surface area contributed by atoms with Gasteiger partial charge >= 0.3 is 0 Å². The SMILES string of the molecule is COc1nc(Oc2ccc(Cl)c(F)c2)ccc1N. The molecule has 18 heavy (non-hydrogen) atoms. The molecule has 94 valence electrons. The lowest BCUT2D eigenvalue weighted by Gasteiger charge is -2.08. The van der Waals surface area contributed by atoms with E-state index in [2.05, 4.69) is 4.98 Å². The minimum Gasteiger partial charge on any atom is -0.479 e. The van der Waals surface area contributed by atoms with Crippen molar-refractivity contribution < 1.29 is 13.9 Å². The van der Waals surface area contributed by atoms with Crippen molar-refractivity contribution in [3.63, 3.8) is 0 Å². The quantitative estimate of drug-likeness (QED) is 0.928. The van der Waals surface area contributed by atoms with Crippen molar-refractivity contribution in [2.45, 2.75) is 0 Å². The van der Waals surface area contributed by atoms with Gasteiger partial charge in [-0.25, -0.2) is 4.39 Å². The normalized spacial score (nSPS) is 10.2. The number of nitrogens with two attached hydrogens (primary N) is 1. The molecule has 0 fully saturated rings. The Morgan fingerprint density at radius 3 is 2.72 bits per heavy atom. The summed E-state index contributed by atoms with van der Waals surface area (Å²) < 4.78 is 23.5. The van der Waals surface area contributed by atoms with Gasteiger partial charge in [0.25, 0.3) is 0 Å². The molecule has 2 aromatic rings. The van der Waals surface area contributed by atoms with Crippen LogP contribution in [0.25, 0.3) is 0 Å². The maximum absolute atomic E-state index is 13.2. The fourth-order valence-electron chi connectivity index (χ4n) is 1.32. The summed E-state index contributed by atoms with van der Waals surface area (Å²) in [7, 11) is 1.45. The van der Waals surface area contributed by atoms with E-state index in [4.69, 9.17) is 26.8 Å². The number of ether oxygens (including phenoxy) is 2. The molecule has 2 rings (SSSR count). The monoisotopic (exact) mass is 268 g/mol. The van der Waals surface area contributed by atoms with E-state index in [1.807, 2.05) is 0 Å². The Kier molecular flexibility index (Phi) is 3.53. The van der Waals surface area contributed by atoms with E-state index in [1.54, 1.807) is 12.1 Å². The highest BCUT2D eigenvalue weighted by Gasteiger charge is 2.07. The van der Waals surface area contributed by atoms with Crippen LogP contribution in [0.3, 0.4) is 0 Å². The average molecular weight is 269 g/mol. The molecule has 0 spiro atoms. The number of halogens is 2. The Bertz CT molecular complexity index is 578. The second-order valence-corrected chi connectivity index (χ2v) is 3.83. The summed E-state index contributed by atoms with van der Waals surface area (Å²) >= 11 is 5.57. The van der Waals surface area contributed by atoms with Gasteiger partial charge < -0.3 is 15.2 Å². The van der Waals surface area contributed by atoms with Crippen molar-refractivity contribution in [3.05, 3.63) is 41.2 Å². The summed E-state index contributed by atoms with van der Waals surface area (Å²) in [6.45, 7) is 0. The molecule has 1 heterocycles. The van der Waals surface area contributed by atoms with Gasteiger partial charge in [-0.3, -0.25) is 0 Å². The van der Waals surface area contributed by atoms with Crippen molar-refractivity contribution >= 4 is 17.3 Å². The molecule has 0 aliphatic rings. The van der Waals surface area contributed by atoms with E-state index in [1.165, 1.54) is 25.3 Å². The summed E-state index contributed by atoms with van der Waals surface area (Å²) in [4.78, 5) is 4.01. The van der Waals surface area contributed by atoms with Gasteiger partial charge in [-0.2, -0.15) is 4.98 Å². The predicted octanol–water partition coefficient (Wildman–Crippen LogP) is 3.26. The largest absolute Gasteiger partial charge is 0.479 e. The number of methoxy groups -OCH3 is 1. The Balaban J connectivity index is 2.25. The highest BCUT2D eigenvalue weighted by atomic mass is 35.5. The van der Waals surface area contributed by atoms with Crippen molar-refractivity contribution in [2.75, 3.05) is 12.8 Å². The third-order valence-electron chi connectivity index (χ3n) is 2.17. The van der Waals surface area contributed by atoms with Gasteiger partial charge in [0, 0.05) is 12.1 Å². The van der Waals surface area contributed by atoms with Crippen molar-refractivity contribution in [1.82, 2.24) is 4.98 Å². The van der Waals surface area contributed by atoms with Gasteiger partial charge in [0.1, 0.15) is 11.6 Å². The van der Waals surface area contributed by atoms with Crippen LogP contribution in [0.2, 0.25) is 5.02 Å². The van der Waals surface area contributed by atoms with Gasteiger partial charge in [0.05, 0.1) is 17.8 Å². The van der Waals surface area contributed by atoms with Gasteiger partial charge in [-0.15, -0.1) is 0 Å². The van der Waals surface area contributed by atoms with Crippen LogP contribution in [0.15, 0.2) is 30.3 Å². The van der Waals surface area contributed by atoms with Crippen LogP contribution in [0.1, 0.15) is 0 Å². The second-order valence-electron chi connectivity index (χ2n) is 3.43. The molecule has 4 nitrogen and oxygen atoms in total. The maximum atomic E-state index is 13.2. The number of pyridine rings is 1. The van der Waals surface area contributed by atoms with E-state index >= 15 is 0 Å². The second kappa shape index (κ2) is 5.10.